The topological polar surface area (TPSA) is 0 Å². The third-order valence-electron chi connectivity index (χ3n) is 8.39. The zero-order valence-electron chi connectivity index (χ0n) is 21.1. The first-order chi connectivity index (χ1) is 19.3. The zero-order valence-corrected chi connectivity index (χ0v) is 22.8. The van der Waals surface area contributed by atoms with Gasteiger partial charge in [-0.2, -0.15) is 0 Å². The second-order valence-corrected chi connectivity index (χ2v) is 12.8. The summed E-state index contributed by atoms with van der Waals surface area (Å²) in [6, 6.07) is 49.9. The normalized spacial score (nSPS) is 12.1. The Balaban J connectivity index is 1.32. The molecule has 0 bridgehead atoms. The second-order valence-electron chi connectivity index (χ2n) is 10.5. The quantitative estimate of drug-likeness (QED) is 0.139. The summed E-state index contributed by atoms with van der Waals surface area (Å²) < 4.78 is 2.99. The average Bonchev–Trinajstić information content (AvgIpc) is 3.35. The van der Waals surface area contributed by atoms with Crippen LogP contribution in [0.2, 0.25) is 0 Å². The van der Waals surface area contributed by atoms with E-state index in [9.17, 15) is 0 Å². The van der Waals surface area contributed by atoms with Crippen molar-refractivity contribution in [3.8, 4) is 11.1 Å². The van der Waals surface area contributed by atoms with E-state index in [1.54, 1.807) is 0 Å². The minimum absolute atomic E-state index is 0.287. The van der Waals surface area contributed by atoms with Gasteiger partial charge in [-0.15, -0.1) is 0 Å². The summed E-state index contributed by atoms with van der Waals surface area (Å²) >= 11 is 0.287. The fourth-order valence-corrected chi connectivity index (χ4v) is 8.99. The molecule has 0 atom stereocenters. The Morgan fingerprint density at radius 2 is 0.897 bits per heavy atom. The Labute approximate surface area is 231 Å². The maximum absolute atomic E-state index is 2.49. The van der Waals surface area contributed by atoms with Gasteiger partial charge in [0.25, 0.3) is 0 Å². The molecule has 180 valence electrons. The van der Waals surface area contributed by atoms with E-state index in [4.69, 9.17) is 0 Å². The van der Waals surface area contributed by atoms with Crippen molar-refractivity contribution in [2.45, 2.75) is 0 Å². The predicted molar refractivity (Wildman–Crippen MR) is 171 cm³/mol. The van der Waals surface area contributed by atoms with E-state index in [0.717, 1.165) is 0 Å². The van der Waals surface area contributed by atoms with Crippen LogP contribution >= 0.6 is 0 Å². The molecule has 0 amide bonds. The first-order valence-corrected chi connectivity index (χ1v) is 15.1. The van der Waals surface area contributed by atoms with Gasteiger partial charge in [0.2, 0.25) is 0 Å². The third kappa shape index (κ3) is 3.12. The molecular weight excluding hydrogens is 535 g/mol. The van der Waals surface area contributed by atoms with Crippen LogP contribution in [0, 0.1) is 0 Å². The molecule has 0 N–H and O–H groups in total. The molecule has 0 fully saturated rings. The molecule has 0 radical (unpaired) electrons. The van der Waals surface area contributed by atoms with E-state index in [1.165, 1.54) is 84.3 Å². The number of hydrogen-bond donors (Lipinski definition) is 0. The Morgan fingerprint density at radius 1 is 0.308 bits per heavy atom. The summed E-state index contributed by atoms with van der Waals surface area (Å²) in [7, 11) is 0. The van der Waals surface area contributed by atoms with Gasteiger partial charge in [0.15, 0.2) is 0 Å². The van der Waals surface area contributed by atoms with Gasteiger partial charge in [0.1, 0.15) is 0 Å². The number of rotatable bonds is 1. The molecule has 0 saturated carbocycles. The van der Waals surface area contributed by atoms with Gasteiger partial charge in [-0.05, 0) is 0 Å². The van der Waals surface area contributed by atoms with Crippen molar-refractivity contribution in [1.29, 1.82) is 0 Å². The summed E-state index contributed by atoms with van der Waals surface area (Å²) in [6.45, 7) is 0. The molecule has 1 heterocycles. The minimum atomic E-state index is 0.287. The summed E-state index contributed by atoms with van der Waals surface area (Å²) in [5, 5.41) is 16.2. The predicted octanol–water partition coefficient (Wildman–Crippen LogP) is 10.5. The molecular formula is C38H22Se. The summed E-state index contributed by atoms with van der Waals surface area (Å²) in [4.78, 5) is 0. The molecule has 1 aromatic heterocycles. The van der Waals surface area contributed by atoms with Gasteiger partial charge in [-0.3, -0.25) is 0 Å². The van der Waals surface area contributed by atoms with Crippen LogP contribution in [-0.2, 0) is 0 Å². The van der Waals surface area contributed by atoms with Crippen LogP contribution in [0.5, 0.6) is 0 Å². The van der Waals surface area contributed by atoms with Gasteiger partial charge in [-0.25, -0.2) is 0 Å². The molecule has 0 saturated heterocycles. The van der Waals surface area contributed by atoms with E-state index < -0.39 is 0 Å². The van der Waals surface area contributed by atoms with Crippen molar-refractivity contribution in [1.82, 2.24) is 0 Å². The molecule has 0 unspecified atom stereocenters. The molecule has 0 nitrogen and oxygen atoms in total. The van der Waals surface area contributed by atoms with Crippen molar-refractivity contribution >= 4 is 87.7 Å². The molecule has 1 heteroatoms. The standard InChI is InChI=1S/C38H22Se/c1-2-10-27-23(8-1)9-7-15-28(27)25-17-16-24-19-35-36-21-33-31-13-5-3-11-29(31)30-12-4-6-14-32(30)34(33)22-38(36)39-37(35)20-26(24)18-25/h1-22H. The van der Waals surface area contributed by atoms with Crippen molar-refractivity contribution in [3.63, 3.8) is 0 Å². The molecule has 0 aliphatic heterocycles. The Morgan fingerprint density at radius 3 is 1.67 bits per heavy atom. The van der Waals surface area contributed by atoms with E-state index in [0.29, 0.717) is 0 Å². The summed E-state index contributed by atoms with van der Waals surface area (Å²) in [5.74, 6) is 0. The first-order valence-electron chi connectivity index (χ1n) is 13.4. The van der Waals surface area contributed by atoms with Gasteiger partial charge in [-0.1, -0.05) is 0 Å². The number of benzene rings is 8. The van der Waals surface area contributed by atoms with Crippen molar-refractivity contribution in [3.05, 3.63) is 133 Å². The molecule has 39 heavy (non-hydrogen) atoms. The van der Waals surface area contributed by atoms with Crippen LogP contribution in [0.1, 0.15) is 0 Å². The number of fused-ring (bicyclic) bond motifs is 11. The van der Waals surface area contributed by atoms with E-state index in [2.05, 4.69) is 133 Å². The number of hydrogen-bond acceptors (Lipinski definition) is 0. The second kappa shape index (κ2) is 8.04. The van der Waals surface area contributed by atoms with Crippen LogP contribution < -0.4 is 0 Å². The summed E-state index contributed by atoms with van der Waals surface area (Å²) in [6.07, 6.45) is 0. The van der Waals surface area contributed by atoms with Gasteiger partial charge in [0, 0.05) is 0 Å². The molecule has 9 aromatic rings. The van der Waals surface area contributed by atoms with Crippen LogP contribution in [0.25, 0.3) is 84.3 Å². The molecule has 9 rings (SSSR count). The average molecular weight is 558 g/mol. The third-order valence-corrected chi connectivity index (χ3v) is 10.7. The Hall–Kier alpha value is -4.42. The monoisotopic (exact) mass is 558 g/mol. The molecule has 0 aliphatic rings. The Bertz CT molecular complexity index is 2440. The van der Waals surface area contributed by atoms with Gasteiger partial charge in [0.05, 0.1) is 0 Å². The fourth-order valence-electron chi connectivity index (χ4n) is 6.56. The first kappa shape index (κ1) is 21.5. The molecule has 0 aliphatic carbocycles. The van der Waals surface area contributed by atoms with Crippen LogP contribution in [0.4, 0.5) is 0 Å². The SMILES string of the molecule is c1ccc2c(-c3ccc4cc5c(cc4c3)[se]c3cc4c6ccccc6c6ccccc6c4cc35)cccc2c1. The van der Waals surface area contributed by atoms with Crippen LogP contribution in [0.15, 0.2) is 133 Å². The Kier molecular flexibility index (Phi) is 4.43. The van der Waals surface area contributed by atoms with Crippen molar-refractivity contribution in [2.75, 3.05) is 0 Å². The van der Waals surface area contributed by atoms with E-state index in [1.807, 2.05) is 0 Å². The van der Waals surface area contributed by atoms with E-state index >= 15 is 0 Å². The van der Waals surface area contributed by atoms with Crippen molar-refractivity contribution in [2.24, 2.45) is 0 Å². The van der Waals surface area contributed by atoms with Crippen LogP contribution in [-0.4, -0.2) is 14.5 Å². The fraction of sp³-hybridized carbons (Fsp3) is 0. The summed E-state index contributed by atoms with van der Waals surface area (Å²) in [5.41, 5.74) is 2.58. The van der Waals surface area contributed by atoms with Crippen molar-refractivity contribution < 1.29 is 0 Å². The molecule has 0 spiro atoms. The van der Waals surface area contributed by atoms with Gasteiger partial charge >= 0.3 is 232 Å². The maximum atomic E-state index is 2.49. The van der Waals surface area contributed by atoms with Gasteiger partial charge < -0.3 is 0 Å². The molecule has 8 aromatic carbocycles. The van der Waals surface area contributed by atoms with Crippen LogP contribution in [0.3, 0.4) is 0 Å². The zero-order chi connectivity index (χ0) is 25.5. The van der Waals surface area contributed by atoms with E-state index in [-0.39, 0.29) is 14.5 Å².